The van der Waals surface area contributed by atoms with E-state index in [0.717, 1.165) is 122 Å². The summed E-state index contributed by atoms with van der Waals surface area (Å²) in [6.45, 7) is 7.88. The molecule has 0 aromatic heterocycles. The molecule has 0 radical (unpaired) electrons. The van der Waals surface area contributed by atoms with Crippen LogP contribution < -0.4 is 0 Å². The van der Waals surface area contributed by atoms with Gasteiger partial charge in [0.05, 0.1) is 13.2 Å². The largest absolute Gasteiger partial charge is 0.472 e. The molecule has 0 aromatic carbocycles. The Bertz CT molecular complexity index is 2480. The molecule has 0 aromatic rings. The third kappa shape index (κ3) is 48.9. The summed E-state index contributed by atoms with van der Waals surface area (Å²) in [5.41, 5.74) is 0. The predicted molar refractivity (Wildman–Crippen MR) is 449 cm³/mol. The van der Waals surface area contributed by atoms with Crippen LogP contribution in [0.5, 0.6) is 0 Å². The molecule has 116 heavy (non-hydrogen) atoms. The zero-order valence-electron chi connectivity index (χ0n) is 72.7. The molecule has 0 bridgehead atoms. The number of aliphatic hydroxyl groups excluding tert-OH is 9. The van der Waals surface area contributed by atoms with Crippen molar-refractivity contribution in [3.8, 4) is 0 Å². The van der Waals surface area contributed by atoms with E-state index in [1.807, 2.05) is 0 Å². The Balaban J connectivity index is 1.93. The highest BCUT2D eigenvalue weighted by Crippen LogP contribution is 2.49. The molecule has 3 rings (SSSR count). The Labute approximate surface area is 699 Å². The molecule has 682 valence electrons. The standard InChI is InChI=1S/C90H167O25P/c1-6-10-14-18-22-25-28-31-32-35-37-40-43-50-56-62-74(93)107-68-72-78(97)80(99)84(103)90(111-72)114-87-85(112-76(95)64-58-52-46-45-48-54-60-69(5)59-53-47-21-17-13-9-4)81(100)82(101)86(113-89-83(102)79(98)77(96)71(65-91)110-89)88(87)115-116(104,105)108-67-70(109-75(94)63-57-51-44-41-38-34-30-27-24-20-16-12-8-3)66-106-73(92)61-55-49-42-39-36-33-29-26-23-19-15-11-7-2/h34,38,69-72,77-91,96-103H,6-33,35-37,39-68H2,1-5H3,(H,104,105)/b38-34-. The first-order chi connectivity index (χ1) is 56.1. The van der Waals surface area contributed by atoms with Gasteiger partial charge in [0.1, 0.15) is 92.6 Å². The van der Waals surface area contributed by atoms with Crippen LogP contribution in [0.3, 0.4) is 0 Å². The van der Waals surface area contributed by atoms with Crippen LogP contribution in [0.15, 0.2) is 12.2 Å². The third-order valence-corrected chi connectivity index (χ3v) is 24.2. The number of rotatable bonds is 75. The van der Waals surface area contributed by atoms with Crippen molar-refractivity contribution in [2.45, 2.75) is 505 Å². The number of esters is 4. The highest BCUT2D eigenvalue weighted by molar-refractivity contribution is 7.47. The maximum atomic E-state index is 14.9. The van der Waals surface area contributed by atoms with Crippen LogP contribution in [0.2, 0.25) is 0 Å². The molecule has 1 saturated carbocycles. The smallest absolute Gasteiger partial charge is 0.463 e. The lowest BCUT2D eigenvalue weighted by Crippen LogP contribution is -2.70. The Kier molecular flexibility index (Phi) is 63.5. The van der Waals surface area contributed by atoms with E-state index < -0.39 is 162 Å². The van der Waals surface area contributed by atoms with Gasteiger partial charge >= 0.3 is 31.7 Å². The van der Waals surface area contributed by atoms with Gasteiger partial charge in [-0.25, -0.2) is 4.57 Å². The molecule has 3 aliphatic rings. The molecular weight excluding hydrogens is 1510 g/mol. The van der Waals surface area contributed by atoms with Gasteiger partial charge in [0.15, 0.2) is 24.8 Å². The highest BCUT2D eigenvalue weighted by atomic mass is 31.2. The van der Waals surface area contributed by atoms with Crippen LogP contribution in [0.25, 0.3) is 0 Å². The van der Waals surface area contributed by atoms with Crippen molar-refractivity contribution < 1.29 is 122 Å². The summed E-state index contributed by atoms with van der Waals surface area (Å²) in [7, 11) is -5.81. The average Bonchev–Trinajstić information content (AvgIpc) is 0.754. The zero-order chi connectivity index (χ0) is 84.8. The second-order valence-corrected chi connectivity index (χ2v) is 35.2. The number of carbonyl (C=O) groups excluding carboxylic acids is 4. The van der Waals surface area contributed by atoms with E-state index in [0.29, 0.717) is 44.4 Å². The number of allylic oxidation sites excluding steroid dienone is 2. The molecule has 2 aliphatic heterocycles. The van der Waals surface area contributed by atoms with Crippen molar-refractivity contribution in [2.24, 2.45) is 5.92 Å². The zero-order valence-corrected chi connectivity index (χ0v) is 73.6. The van der Waals surface area contributed by atoms with Crippen LogP contribution in [0, 0.1) is 5.92 Å². The van der Waals surface area contributed by atoms with Crippen LogP contribution in [0.1, 0.15) is 401 Å². The normalized spacial score (nSPS) is 25.4. The minimum Gasteiger partial charge on any atom is -0.463 e. The van der Waals surface area contributed by atoms with E-state index in [1.54, 1.807) is 0 Å². The van der Waals surface area contributed by atoms with E-state index >= 15 is 0 Å². The van der Waals surface area contributed by atoms with Gasteiger partial charge in [-0.1, -0.05) is 336 Å². The number of unbranched alkanes of at least 4 members (excludes halogenated alkanes) is 45. The number of aliphatic hydroxyl groups is 9. The van der Waals surface area contributed by atoms with Crippen molar-refractivity contribution in [3.05, 3.63) is 12.2 Å². The highest BCUT2D eigenvalue weighted by Gasteiger charge is 2.60. The summed E-state index contributed by atoms with van der Waals surface area (Å²) in [5, 5.41) is 102. The van der Waals surface area contributed by atoms with Gasteiger partial charge in [-0.2, -0.15) is 0 Å². The monoisotopic (exact) mass is 1680 g/mol. The van der Waals surface area contributed by atoms with E-state index in [-0.39, 0.29) is 25.7 Å². The number of hydrogen-bond acceptors (Lipinski definition) is 24. The maximum Gasteiger partial charge on any atom is 0.472 e. The van der Waals surface area contributed by atoms with Crippen LogP contribution in [-0.4, -0.2) is 205 Å². The second-order valence-electron chi connectivity index (χ2n) is 33.8. The summed E-state index contributed by atoms with van der Waals surface area (Å²) in [5.74, 6) is -2.35. The summed E-state index contributed by atoms with van der Waals surface area (Å²) >= 11 is 0. The molecule has 26 heteroatoms. The fraction of sp³-hybridized carbons (Fsp3) is 0.933. The van der Waals surface area contributed by atoms with Crippen molar-refractivity contribution in [1.29, 1.82) is 0 Å². The molecule has 19 atom stereocenters. The topological polar surface area (TPSA) is 380 Å². The van der Waals surface area contributed by atoms with Crippen molar-refractivity contribution >= 4 is 31.7 Å². The summed E-state index contributed by atoms with van der Waals surface area (Å²) in [4.78, 5) is 66.4. The van der Waals surface area contributed by atoms with E-state index in [9.17, 15) is 74.6 Å². The lowest BCUT2D eigenvalue weighted by atomic mass is 9.84. The van der Waals surface area contributed by atoms with Crippen molar-refractivity contribution in [1.82, 2.24) is 0 Å². The van der Waals surface area contributed by atoms with Crippen LogP contribution in [0.4, 0.5) is 0 Å². The lowest BCUT2D eigenvalue weighted by Gasteiger charge is -2.50. The van der Waals surface area contributed by atoms with E-state index in [1.165, 1.54) is 180 Å². The second kappa shape index (κ2) is 68.6. The SMILES string of the molecule is CCCCCCCC/C=C\CCCCCC(=O)OC(COC(=O)CCCCCCCCCCCCCCC)COP(=O)(O)OC1C(OC2OC(CO)C(O)C(O)C2O)C(O)C(O)C(OC(=O)CCCCCCCCC(C)CCCCCCCC)C1OC1OC(COC(=O)CCCCCCCCCCCCCCCCC)C(O)C(O)C1O. The van der Waals surface area contributed by atoms with Gasteiger partial charge in [0.25, 0.3) is 0 Å². The molecule has 0 amide bonds. The first-order valence-corrected chi connectivity index (χ1v) is 48.3. The maximum absolute atomic E-state index is 14.9. The van der Waals surface area contributed by atoms with Crippen molar-refractivity contribution in [3.63, 3.8) is 0 Å². The summed E-state index contributed by atoms with van der Waals surface area (Å²) < 4.78 is 73.4. The van der Waals surface area contributed by atoms with Gasteiger partial charge in [0, 0.05) is 25.7 Å². The molecule has 0 spiro atoms. The summed E-state index contributed by atoms with van der Waals surface area (Å²) in [6, 6.07) is 0. The third-order valence-electron chi connectivity index (χ3n) is 23.2. The van der Waals surface area contributed by atoms with Gasteiger partial charge in [-0.3, -0.25) is 28.2 Å². The number of hydrogen-bond donors (Lipinski definition) is 10. The minimum atomic E-state index is -5.81. The van der Waals surface area contributed by atoms with Gasteiger partial charge in [-0.15, -0.1) is 0 Å². The molecule has 1 aliphatic carbocycles. The van der Waals surface area contributed by atoms with Crippen LogP contribution >= 0.6 is 7.82 Å². The van der Waals surface area contributed by atoms with E-state index in [2.05, 4.69) is 46.8 Å². The number of phosphoric acid groups is 1. The molecule has 10 N–H and O–H groups in total. The molecule has 19 unspecified atom stereocenters. The van der Waals surface area contributed by atoms with Crippen LogP contribution in [-0.2, 0) is 70.7 Å². The molecule has 3 fully saturated rings. The van der Waals surface area contributed by atoms with Gasteiger partial charge in [-0.05, 0) is 57.3 Å². The fourth-order valence-electron chi connectivity index (χ4n) is 15.6. The Morgan fingerprint density at radius 3 is 1.12 bits per heavy atom. The fourth-order valence-corrected chi connectivity index (χ4v) is 16.6. The number of ether oxygens (including phenoxy) is 8. The predicted octanol–water partition coefficient (Wildman–Crippen LogP) is 17.0. The molecule has 2 saturated heterocycles. The summed E-state index contributed by atoms with van der Waals surface area (Å²) in [6.07, 6.45) is 25.1. The first-order valence-electron chi connectivity index (χ1n) is 46.8. The lowest BCUT2D eigenvalue weighted by molar-refractivity contribution is -0.360. The van der Waals surface area contributed by atoms with Gasteiger partial charge < -0.3 is 88.7 Å². The molecule has 2 heterocycles. The molecular formula is C90H167O25P. The van der Waals surface area contributed by atoms with E-state index in [4.69, 9.17) is 46.9 Å². The molecule has 25 nitrogen and oxygen atoms in total. The minimum absolute atomic E-state index is 0.0178. The average molecular weight is 1680 g/mol. The quantitative estimate of drug-likeness (QED) is 0.00889. The van der Waals surface area contributed by atoms with Crippen molar-refractivity contribution in [2.75, 3.05) is 26.4 Å². The van der Waals surface area contributed by atoms with Gasteiger partial charge in [0.2, 0.25) is 0 Å². The Morgan fingerprint density at radius 2 is 0.698 bits per heavy atom. The Morgan fingerprint density at radius 1 is 0.362 bits per heavy atom. The number of carbonyl (C=O) groups is 4. The number of phosphoric ester groups is 1. The Hall–Kier alpha value is -2.79. The first kappa shape index (κ1) is 107.